The van der Waals surface area contributed by atoms with E-state index in [0.717, 1.165) is 53.5 Å². The molecule has 0 saturated heterocycles. The van der Waals surface area contributed by atoms with E-state index in [0.29, 0.717) is 20.2 Å². The van der Waals surface area contributed by atoms with Crippen LogP contribution in [-0.2, 0) is 5.16 Å². The third kappa shape index (κ3) is 5.34. The molecule has 0 bridgehead atoms. The van der Waals surface area contributed by atoms with Crippen LogP contribution in [0.4, 0.5) is 0 Å². The Morgan fingerprint density at radius 3 is 2.09 bits per heavy atom. The van der Waals surface area contributed by atoms with E-state index in [1.54, 1.807) is 0 Å². The zero-order valence-corrected chi connectivity index (χ0v) is 21.7. The molecule has 3 rings (SSSR count). The number of phenolic OH excluding ortho intramolecular Hbond substituents is 1. The highest BCUT2D eigenvalue weighted by Crippen LogP contribution is 2.52. The van der Waals surface area contributed by atoms with Gasteiger partial charge in [-0.3, -0.25) is 0 Å². The number of hydrogen-bond donors (Lipinski definition) is 2. The van der Waals surface area contributed by atoms with Crippen LogP contribution in [0.5, 0.6) is 5.75 Å². The topological polar surface area (TPSA) is 40.5 Å². The maximum atomic E-state index is 11.5. The number of para-hydroxylation sites is 1. The summed E-state index contributed by atoms with van der Waals surface area (Å²) in [6.07, 6.45) is 3.23. The van der Waals surface area contributed by atoms with Gasteiger partial charge in [0.25, 0.3) is 0 Å². The van der Waals surface area contributed by atoms with Gasteiger partial charge in [-0.2, -0.15) is 0 Å². The molecular formula is C30H39O2P. The van der Waals surface area contributed by atoms with Gasteiger partial charge in [0.2, 0.25) is 0 Å². The summed E-state index contributed by atoms with van der Waals surface area (Å²) in [6, 6.07) is 22.6. The molecule has 2 nitrogen and oxygen atoms in total. The number of rotatable bonds is 10. The zero-order valence-electron chi connectivity index (χ0n) is 20.7. The van der Waals surface area contributed by atoms with Gasteiger partial charge in [0.15, 0.2) is 0 Å². The summed E-state index contributed by atoms with van der Waals surface area (Å²) in [5, 5.41) is 23.8. The van der Waals surface area contributed by atoms with Crippen molar-refractivity contribution in [2.45, 2.75) is 77.5 Å². The minimum atomic E-state index is -0.662. The number of aliphatic hydroxyl groups excluding tert-OH is 1. The molecule has 2 atom stereocenters. The van der Waals surface area contributed by atoms with E-state index in [2.05, 4.69) is 71.0 Å². The number of hydrogen-bond acceptors (Lipinski definition) is 2. The Morgan fingerprint density at radius 1 is 0.818 bits per heavy atom. The molecule has 33 heavy (non-hydrogen) atoms. The van der Waals surface area contributed by atoms with Crippen molar-refractivity contribution >= 4 is 13.9 Å². The number of aromatic hydroxyl groups is 1. The average Bonchev–Trinajstić information content (AvgIpc) is 2.85. The molecule has 0 aliphatic rings. The van der Waals surface area contributed by atoms with Crippen LogP contribution in [0.3, 0.4) is 0 Å². The second kappa shape index (κ2) is 11.3. The Bertz CT molecular complexity index is 1040. The molecule has 3 aromatic rings. The Morgan fingerprint density at radius 2 is 1.48 bits per heavy atom. The second-order valence-corrected chi connectivity index (χ2v) is 10.8. The Kier molecular flexibility index (Phi) is 8.74. The summed E-state index contributed by atoms with van der Waals surface area (Å²) in [5.41, 5.74) is 5.15. The summed E-state index contributed by atoms with van der Waals surface area (Å²) >= 11 is 0. The highest BCUT2D eigenvalue weighted by Gasteiger charge is 2.34. The van der Waals surface area contributed by atoms with Gasteiger partial charge in [-0.15, -0.1) is 0 Å². The molecule has 0 spiro atoms. The van der Waals surface area contributed by atoms with E-state index < -0.39 is 6.10 Å². The van der Waals surface area contributed by atoms with Crippen molar-refractivity contribution in [2.24, 2.45) is 0 Å². The minimum absolute atomic E-state index is 0.174. The molecule has 3 heteroatoms. The molecule has 0 aliphatic heterocycles. The van der Waals surface area contributed by atoms with Crippen LogP contribution in [0.2, 0.25) is 0 Å². The van der Waals surface area contributed by atoms with Gasteiger partial charge >= 0.3 is 0 Å². The average molecular weight is 463 g/mol. The zero-order chi connectivity index (χ0) is 24.0. The Labute approximate surface area is 201 Å². The van der Waals surface area contributed by atoms with Gasteiger partial charge in [0, 0.05) is 10.7 Å². The van der Waals surface area contributed by atoms with E-state index in [9.17, 15) is 10.2 Å². The van der Waals surface area contributed by atoms with E-state index in [4.69, 9.17) is 0 Å². The quantitative estimate of drug-likeness (QED) is 0.303. The lowest BCUT2D eigenvalue weighted by atomic mass is 9.86. The molecule has 3 aromatic carbocycles. The largest absolute Gasteiger partial charge is 0.507 e. The van der Waals surface area contributed by atoms with Crippen LogP contribution in [-0.4, -0.2) is 10.2 Å². The van der Waals surface area contributed by atoms with Crippen molar-refractivity contribution in [1.82, 2.24) is 0 Å². The number of phenols is 1. The lowest BCUT2D eigenvalue weighted by molar-refractivity contribution is 0.221. The van der Waals surface area contributed by atoms with Crippen LogP contribution in [0, 0.1) is 6.92 Å². The first kappa shape index (κ1) is 25.5. The van der Waals surface area contributed by atoms with Crippen LogP contribution in [0.15, 0.2) is 66.7 Å². The Hall–Kier alpha value is -2.15. The van der Waals surface area contributed by atoms with Crippen molar-refractivity contribution in [2.75, 3.05) is 0 Å². The first-order valence-corrected chi connectivity index (χ1v) is 13.3. The lowest BCUT2D eigenvalue weighted by Gasteiger charge is -2.35. The van der Waals surface area contributed by atoms with E-state index >= 15 is 0 Å². The molecule has 0 radical (unpaired) electrons. The monoisotopic (exact) mass is 462 g/mol. The maximum absolute atomic E-state index is 11.5. The normalized spacial score (nSPS) is 13.2. The van der Waals surface area contributed by atoms with Gasteiger partial charge in [-0.25, -0.2) is 0 Å². The second-order valence-electron chi connectivity index (χ2n) is 9.07. The highest BCUT2D eigenvalue weighted by atomic mass is 31.1. The smallest absolute Gasteiger partial charge is 0.123 e. The molecule has 0 saturated carbocycles. The molecule has 176 valence electrons. The van der Waals surface area contributed by atoms with Crippen LogP contribution >= 0.6 is 8.58 Å². The summed E-state index contributed by atoms with van der Waals surface area (Å²) < 4.78 is 0. The molecular weight excluding hydrogens is 423 g/mol. The van der Waals surface area contributed by atoms with Crippen molar-refractivity contribution in [3.05, 3.63) is 94.5 Å². The van der Waals surface area contributed by atoms with Gasteiger partial charge in [-0.1, -0.05) is 109 Å². The number of benzene rings is 3. The van der Waals surface area contributed by atoms with Crippen LogP contribution in [0.25, 0.3) is 0 Å². The van der Waals surface area contributed by atoms with E-state index in [-0.39, 0.29) is 5.16 Å². The minimum Gasteiger partial charge on any atom is -0.507 e. The predicted octanol–water partition coefficient (Wildman–Crippen LogP) is 7.71. The lowest BCUT2D eigenvalue weighted by Crippen LogP contribution is -2.24. The van der Waals surface area contributed by atoms with Crippen molar-refractivity contribution in [3.63, 3.8) is 0 Å². The van der Waals surface area contributed by atoms with Gasteiger partial charge < -0.3 is 10.2 Å². The molecule has 2 N–H and O–H groups in total. The van der Waals surface area contributed by atoms with Crippen LogP contribution in [0.1, 0.15) is 93.2 Å². The van der Waals surface area contributed by atoms with Crippen molar-refractivity contribution in [3.8, 4) is 5.75 Å². The SMILES string of the molecule is CCC(CC)c1cccc(C(CC)(CC)Pc2ccc(C)cc2C(O)c2ccccc2)c1O. The standard InChI is InChI=1S/C30H39O2P/c1-6-22(7-2)24-16-13-17-26(29(24)32)30(8-3,9-4)33-27-19-18-21(5)20-25(27)28(31)23-14-11-10-12-15-23/h10-20,22,28,31-33H,6-9H2,1-5H3. The Balaban J connectivity index is 2.10. The first-order valence-electron chi connectivity index (χ1n) is 12.3. The van der Waals surface area contributed by atoms with E-state index in [1.165, 1.54) is 5.30 Å². The van der Waals surface area contributed by atoms with Crippen LogP contribution < -0.4 is 5.30 Å². The van der Waals surface area contributed by atoms with Gasteiger partial charge in [0.05, 0.1) is 0 Å². The molecule has 0 aliphatic carbocycles. The highest BCUT2D eigenvalue weighted by molar-refractivity contribution is 7.48. The fraction of sp³-hybridized carbons (Fsp3) is 0.400. The summed E-state index contributed by atoms with van der Waals surface area (Å²) in [4.78, 5) is 0. The third-order valence-electron chi connectivity index (χ3n) is 7.21. The maximum Gasteiger partial charge on any atom is 0.123 e. The number of aryl methyl sites for hydroxylation is 1. The molecule has 0 amide bonds. The predicted molar refractivity (Wildman–Crippen MR) is 143 cm³/mol. The van der Waals surface area contributed by atoms with Crippen molar-refractivity contribution in [1.29, 1.82) is 0 Å². The number of aliphatic hydroxyl groups is 1. The molecule has 2 unspecified atom stereocenters. The van der Waals surface area contributed by atoms with Gasteiger partial charge in [0.1, 0.15) is 11.9 Å². The first-order chi connectivity index (χ1) is 15.9. The summed E-state index contributed by atoms with van der Waals surface area (Å²) in [6.45, 7) is 10.9. The van der Waals surface area contributed by atoms with E-state index in [1.807, 2.05) is 30.3 Å². The molecule has 0 heterocycles. The fourth-order valence-electron chi connectivity index (χ4n) is 4.98. The van der Waals surface area contributed by atoms with Gasteiger partial charge in [-0.05, 0) is 60.5 Å². The third-order valence-corrected chi connectivity index (χ3v) is 9.39. The fourth-order valence-corrected chi connectivity index (χ4v) is 6.70. The molecule has 0 aromatic heterocycles. The van der Waals surface area contributed by atoms with Crippen molar-refractivity contribution < 1.29 is 10.2 Å². The summed E-state index contributed by atoms with van der Waals surface area (Å²) in [7, 11) is 0.444. The summed E-state index contributed by atoms with van der Waals surface area (Å²) in [5.74, 6) is 0.842. The molecule has 0 fully saturated rings.